The Labute approximate surface area is 123 Å². The summed E-state index contributed by atoms with van der Waals surface area (Å²) >= 11 is 6.64. The van der Waals surface area contributed by atoms with Gasteiger partial charge in [-0.05, 0) is 18.1 Å². The molecule has 2 aromatic rings. The largest absolute Gasteiger partial charge is 0.423 e. The normalized spacial score (nSPS) is 10.3. The number of hydrogen-bond donors (Lipinski definition) is 0. The predicted molar refractivity (Wildman–Crippen MR) is 75.1 cm³/mol. The number of rotatable bonds is 5. The van der Waals surface area contributed by atoms with E-state index < -0.39 is 4.92 Å². The van der Waals surface area contributed by atoms with E-state index in [2.05, 4.69) is 4.98 Å². The topological polar surface area (TPSA) is 82.3 Å². The number of nitro benzene ring substituents is 1. The second-order valence-electron chi connectivity index (χ2n) is 3.77. The number of carbonyl (C=O) groups excluding carboxylic acids is 1. The molecule has 2 rings (SSSR count). The molecule has 104 valence electrons. The fraction of sp³-hybridized carbons (Fsp3) is 0.167. The van der Waals surface area contributed by atoms with E-state index in [0.29, 0.717) is 12.7 Å². The zero-order valence-electron chi connectivity index (χ0n) is 10.3. The molecule has 0 aliphatic rings. The van der Waals surface area contributed by atoms with Crippen LogP contribution in [0.4, 0.5) is 5.69 Å². The number of thiazole rings is 1. The number of halogens is 1. The van der Waals surface area contributed by atoms with Crippen LogP contribution in [-0.4, -0.2) is 16.2 Å². The van der Waals surface area contributed by atoms with Gasteiger partial charge in [0.25, 0.3) is 5.19 Å². The van der Waals surface area contributed by atoms with Gasteiger partial charge in [-0.3, -0.25) is 14.9 Å². The molecule has 0 amide bonds. The molecular formula is C12H9ClN2O4S. The van der Waals surface area contributed by atoms with Crippen LogP contribution in [0, 0.1) is 10.1 Å². The van der Waals surface area contributed by atoms with Crippen LogP contribution < -0.4 is 4.74 Å². The molecule has 0 saturated heterocycles. The molecule has 0 radical (unpaired) electrons. The van der Waals surface area contributed by atoms with E-state index in [9.17, 15) is 14.9 Å². The number of ether oxygens (including phenoxy) is 1. The lowest BCUT2D eigenvalue weighted by atomic mass is 10.1. The van der Waals surface area contributed by atoms with Gasteiger partial charge in [0.1, 0.15) is 4.88 Å². The molecule has 0 spiro atoms. The van der Waals surface area contributed by atoms with Crippen molar-refractivity contribution in [3.63, 3.8) is 0 Å². The maximum atomic E-state index is 11.0. The molecule has 1 aromatic carbocycles. The summed E-state index contributed by atoms with van der Waals surface area (Å²) in [6.45, 7) is 1.90. The zero-order valence-corrected chi connectivity index (χ0v) is 11.9. The van der Waals surface area contributed by atoms with Gasteiger partial charge in [-0.1, -0.05) is 35.9 Å². The van der Waals surface area contributed by atoms with Crippen molar-refractivity contribution in [2.45, 2.75) is 13.3 Å². The molecular weight excluding hydrogens is 304 g/mol. The number of aldehydes is 1. The Hall–Kier alpha value is -1.99. The van der Waals surface area contributed by atoms with E-state index in [1.165, 1.54) is 12.1 Å². The monoisotopic (exact) mass is 312 g/mol. The summed E-state index contributed by atoms with van der Waals surface area (Å²) in [4.78, 5) is 25.2. The molecule has 20 heavy (non-hydrogen) atoms. The Morgan fingerprint density at radius 2 is 2.30 bits per heavy atom. The highest BCUT2D eigenvalue weighted by molar-refractivity contribution is 7.15. The van der Waals surface area contributed by atoms with Gasteiger partial charge in [-0.25, -0.2) is 0 Å². The maximum absolute atomic E-state index is 11.0. The van der Waals surface area contributed by atoms with Gasteiger partial charge in [-0.2, -0.15) is 4.98 Å². The third-order valence-corrected chi connectivity index (χ3v) is 3.78. The highest BCUT2D eigenvalue weighted by Crippen LogP contribution is 2.35. The van der Waals surface area contributed by atoms with E-state index in [-0.39, 0.29) is 26.7 Å². The smallest absolute Gasteiger partial charge is 0.311 e. The number of benzene rings is 1. The highest BCUT2D eigenvalue weighted by Gasteiger charge is 2.19. The molecule has 8 heteroatoms. The van der Waals surface area contributed by atoms with Gasteiger partial charge in [0, 0.05) is 6.07 Å². The minimum atomic E-state index is -0.523. The third kappa shape index (κ3) is 2.94. The number of aryl methyl sites for hydroxylation is 1. The van der Waals surface area contributed by atoms with Crippen LogP contribution in [0.15, 0.2) is 18.2 Å². The van der Waals surface area contributed by atoms with E-state index in [4.69, 9.17) is 16.3 Å². The number of nitro groups is 1. The van der Waals surface area contributed by atoms with Gasteiger partial charge in [0.15, 0.2) is 11.4 Å². The van der Waals surface area contributed by atoms with Crippen LogP contribution in [0.25, 0.3) is 0 Å². The first-order valence-electron chi connectivity index (χ1n) is 5.61. The first-order valence-corrected chi connectivity index (χ1v) is 6.81. The van der Waals surface area contributed by atoms with Gasteiger partial charge < -0.3 is 4.74 Å². The number of aromatic nitrogens is 1. The van der Waals surface area contributed by atoms with Crippen LogP contribution in [0.5, 0.6) is 10.9 Å². The standard InChI is InChI=1S/C12H9ClN2O4S/c1-2-7-3-4-9(8(5-7)15(17)18)19-12-14-11(13)10(6-16)20-12/h3-6H,2H2,1H3. The van der Waals surface area contributed by atoms with E-state index >= 15 is 0 Å². The summed E-state index contributed by atoms with van der Waals surface area (Å²) < 4.78 is 5.36. The average molecular weight is 313 g/mol. The summed E-state index contributed by atoms with van der Waals surface area (Å²) in [7, 11) is 0. The van der Waals surface area contributed by atoms with Gasteiger partial charge in [0.05, 0.1) is 4.92 Å². The van der Waals surface area contributed by atoms with E-state index in [0.717, 1.165) is 16.9 Å². The summed E-state index contributed by atoms with van der Waals surface area (Å²) in [5.41, 5.74) is 0.679. The Bertz CT molecular complexity index is 671. The van der Waals surface area contributed by atoms with Gasteiger partial charge >= 0.3 is 5.69 Å². The minimum Gasteiger partial charge on any atom is -0.423 e. The first kappa shape index (κ1) is 14.4. The van der Waals surface area contributed by atoms with Crippen LogP contribution >= 0.6 is 22.9 Å². The molecule has 0 unspecified atom stereocenters. The molecule has 0 bridgehead atoms. The second kappa shape index (κ2) is 5.98. The van der Waals surface area contributed by atoms with Crippen molar-refractivity contribution in [1.82, 2.24) is 4.98 Å². The lowest BCUT2D eigenvalue weighted by molar-refractivity contribution is -0.385. The third-order valence-electron chi connectivity index (χ3n) is 2.52. The van der Waals surface area contributed by atoms with Crippen molar-refractivity contribution in [2.75, 3.05) is 0 Å². The lowest BCUT2D eigenvalue weighted by Gasteiger charge is -2.04. The molecule has 6 nitrogen and oxygen atoms in total. The van der Waals surface area contributed by atoms with Crippen LogP contribution in [0.1, 0.15) is 22.2 Å². The summed E-state index contributed by atoms with van der Waals surface area (Å²) in [6, 6.07) is 4.69. The summed E-state index contributed by atoms with van der Waals surface area (Å²) in [6.07, 6.45) is 1.24. The molecule has 0 fully saturated rings. The van der Waals surface area contributed by atoms with Crippen LogP contribution in [0.3, 0.4) is 0 Å². The molecule has 0 saturated carbocycles. The van der Waals surface area contributed by atoms with E-state index in [1.54, 1.807) is 6.07 Å². The van der Waals surface area contributed by atoms with E-state index in [1.807, 2.05) is 6.92 Å². The quantitative estimate of drug-likeness (QED) is 0.475. The fourth-order valence-corrected chi connectivity index (χ4v) is 2.44. The highest BCUT2D eigenvalue weighted by atomic mass is 35.5. The van der Waals surface area contributed by atoms with Crippen molar-refractivity contribution in [1.29, 1.82) is 0 Å². The SMILES string of the molecule is CCc1ccc(Oc2nc(Cl)c(C=O)s2)c([N+](=O)[O-])c1. The number of nitrogens with zero attached hydrogens (tertiary/aromatic N) is 2. The summed E-state index contributed by atoms with van der Waals surface area (Å²) in [5, 5.41) is 11.1. The van der Waals surface area contributed by atoms with Crippen molar-refractivity contribution >= 4 is 34.9 Å². The summed E-state index contributed by atoms with van der Waals surface area (Å²) in [5.74, 6) is 0.0649. The first-order chi connectivity index (χ1) is 9.55. The van der Waals surface area contributed by atoms with Gasteiger partial charge in [-0.15, -0.1) is 0 Å². The van der Waals surface area contributed by atoms with Crippen LogP contribution in [-0.2, 0) is 6.42 Å². The fourth-order valence-electron chi connectivity index (χ4n) is 1.52. The lowest BCUT2D eigenvalue weighted by Crippen LogP contribution is -1.94. The Balaban J connectivity index is 2.37. The second-order valence-corrected chi connectivity index (χ2v) is 5.12. The molecule has 1 aromatic heterocycles. The predicted octanol–water partition coefficient (Wildman–Crippen LogP) is 3.87. The minimum absolute atomic E-state index is 0.0211. The average Bonchev–Trinajstić information content (AvgIpc) is 2.79. The number of hydrogen-bond acceptors (Lipinski definition) is 6. The van der Waals surface area contributed by atoms with Crippen molar-refractivity contribution in [2.24, 2.45) is 0 Å². The number of carbonyl (C=O) groups is 1. The zero-order chi connectivity index (χ0) is 14.7. The van der Waals surface area contributed by atoms with Gasteiger partial charge in [0.2, 0.25) is 5.75 Å². The molecule has 0 aliphatic heterocycles. The Morgan fingerprint density at radius 1 is 1.55 bits per heavy atom. The Kier molecular flexibility index (Phi) is 4.31. The van der Waals surface area contributed by atoms with Crippen molar-refractivity contribution in [3.05, 3.63) is 43.9 Å². The molecule has 0 aliphatic carbocycles. The van der Waals surface area contributed by atoms with Crippen molar-refractivity contribution in [3.8, 4) is 10.9 Å². The molecule has 0 N–H and O–H groups in total. The van der Waals surface area contributed by atoms with Crippen molar-refractivity contribution < 1.29 is 14.5 Å². The Morgan fingerprint density at radius 3 is 2.85 bits per heavy atom. The molecule has 1 heterocycles. The molecule has 0 atom stereocenters. The van der Waals surface area contributed by atoms with Crippen LogP contribution in [0.2, 0.25) is 5.15 Å². The maximum Gasteiger partial charge on any atom is 0.311 e.